The predicted molar refractivity (Wildman–Crippen MR) is 63.2 cm³/mol. The molecule has 1 saturated heterocycles. The van der Waals surface area contributed by atoms with E-state index in [0.717, 1.165) is 31.6 Å². The number of nitrogens with one attached hydrogen (secondary N) is 1. The van der Waals surface area contributed by atoms with E-state index in [-0.39, 0.29) is 5.60 Å². The van der Waals surface area contributed by atoms with E-state index in [2.05, 4.69) is 24.4 Å². The number of rotatable bonds is 4. The molecule has 0 aromatic rings. The second-order valence-electron chi connectivity index (χ2n) is 4.80. The topological polar surface area (TPSA) is 76.7 Å². The van der Waals surface area contributed by atoms with Crippen molar-refractivity contribution in [2.45, 2.75) is 45.6 Å². The monoisotopic (exact) mass is 227 g/mol. The van der Waals surface area contributed by atoms with Gasteiger partial charge in [0.2, 0.25) is 0 Å². The van der Waals surface area contributed by atoms with Crippen molar-refractivity contribution < 1.29 is 9.53 Å². The second-order valence-corrected chi connectivity index (χ2v) is 4.80. The van der Waals surface area contributed by atoms with Crippen LogP contribution in [-0.4, -0.2) is 24.0 Å². The lowest BCUT2D eigenvalue weighted by Gasteiger charge is -2.25. The molecule has 2 amide bonds. The molecule has 3 N–H and O–H groups in total. The molecule has 1 rings (SSSR count). The van der Waals surface area contributed by atoms with Crippen LogP contribution in [0.5, 0.6) is 0 Å². The van der Waals surface area contributed by atoms with Crippen molar-refractivity contribution in [1.29, 1.82) is 0 Å². The molecule has 1 heterocycles. The van der Waals surface area contributed by atoms with Crippen LogP contribution in [0, 0.1) is 5.92 Å². The maximum absolute atomic E-state index is 10.5. The van der Waals surface area contributed by atoms with Gasteiger partial charge in [0.1, 0.15) is 0 Å². The van der Waals surface area contributed by atoms with Crippen molar-refractivity contribution >= 4 is 11.7 Å². The van der Waals surface area contributed by atoms with Crippen molar-refractivity contribution in [2.75, 3.05) is 6.61 Å². The van der Waals surface area contributed by atoms with E-state index < -0.39 is 6.03 Å². The number of hydrogen-bond acceptors (Lipinski definition) is 3. The highest BCUT2D eigenvalue weighted by Crippen LogP contribution is 2.34. The van der Waals surface area contributed by atoms with E-state index in [0.29, 0.717) is 5.92 Å². The molecule has 5 nitrogen and oxygen atoms in total. The SMILES string of the molecule is C/C(CCC1CCOC1(C)C)=N\NC(N)=O. The summed E-state index contributed by atoms with van der Waals surface area (Å²) in [5.74, 6) is 0.561. The molecule has 0 bridgehead atoms. The second kappa shape index (κ2) is 5.30. The highest BCUT2D eigenvalue weighted by Gasteiger charge is 2.34. The van der Waals surface area contributed by atoms with Gasteiger partial charge >= 0.3 is 6.03 Å². The van der Waals surface area contributed by atoms with Crippen molar-refractivity contribution in [3.63, 3.8) is 0 Å². The van der Waals surface area contributed by atoms with Crippen molar-refractivity contribution in [2.24, 2.45) is 16.8 Å². The van der Waals surface area contributed by atoms with Crippen LogP contribution in [0.1, 0.15) is 40.0 Å². The van der Waals surface area contributed by atoms with Gasteiger partial charge in [-0.25, -0.2) is 10.2 Å². The van der Waals surface area contributed by atoms with Gasteiger partial charge in [-0.2, -0.15) is 5.10 Å². The van der Waals surface area contributed by atoms with Gasteiger partial charge < -0.3 is 10.5 Å². The number of ether oxygens (including phenoxy) is 1. The van der Waals surface area contributed by atoms with E-state index in [1.54, 1.807) is 0 Å². The molecule has 0 saturated carbocycles. The van der Waals surface area contributed by atoms with Gasteiger partial charge in [0.25, 0.3) is 0 Å². The molecule has 0 aromatic carbocycles. The van der Waals surface area contributed by atoms with E-state index in [1.165, 1.54) is 0 Å². The van der Waals surface area contributed by atoms with Gasteiger partial charge in [0.05, 0.1) is 5.60 Å². The summed E-state index contributed by atoms with van der Waals surface area (Å²) in [6.45, 7) is 6.98. The summed E-state index contributed by atoms with van der Waals surface area (Å²) in [5.41, 5.74) is 8.02. The number of hydrazone groups is 1. The molecular weight excluding hydrogens is 206 g/mol. The first-order valence-corrected chi connectivity index (χ1v) is 5.64. The third-order valence-electron chi connectivity index (χ3n) is 3.14. The summed E-state index contributed by atoms with van der Waals surface area (Å²) in [5, 5.41) is 3.88. The maximum Gasteiger partial charge on any atom is 0.332 e. The smallest absolute Gasteiger partial charge is 0.332 e. The number of amides is 2. The fourth-order valence-corrected chi connectivity index (χ4v) is 2.01. The zero-order valence-electron chi connectivity index (χ0n) is 10.2. The van der Waals surface area contributed by atoms with E-state index in [9.17, 15) is 4.79 Å². The lowest BCUT2D eigenvalue weighted by atomic mass is 9.86. The average Bonchev–Trinajstić information content (AvgIpc) is 2.51. The van der Waals surface area contributed by atoms with Crippen molar-refractivity contribution in [1.82, 2.24) is 5.43 Å². The van der Waals surface area contributed by atoms with Gasteiger partial charge in [-0.1, -0.05) is 0 Å². The molecule has 0 aliphatic carbocycles. The Labute approximate surface area is 96.4 Å². The van der Waals surface area contributed by atoms with Crippen LogP contribution in [0.15, 0.2) is 5.10 Å². The summed E-state index contributed by atoms with van der Waals surface area (Å²) >= 11 is 0. The standard InChI is InChI=1S/C11H21N3O2/c1-8(13-14-10(12)15)4-5-9-6-7-16-11(9,2)3/h9H,4-7H2,1-3H3,(H3,12,14,15)/b13-8+. The average molecular weight is 227 g/mol. The molecule has 1 aliphatic heterocycles. The first kappa shape index (κ1) is 13.0. The minimum absolute atomic E-state index is 0.0304. The summed E-state index contributed by atoms with van der Waals surface area (Å²) in [7, 11) is 0. The van der Waals surface area contributed by atoms with E-state index in [1.807, 2.05) is 6.92 Å². The van der Waals surface area contributed by atoms with Crippen LogP contribution in [0.25, 0.3) is 0 Å². The van der Waals surface area contributed by atoms with Gasteiger partial charge in [0, 0.05) is 12.3 Å². The van der Waals surface area contributed by atoms with Gasteiger partial charge in [-0.15, -0.1) is 0 Å². The normalized spacial score (nSPS) is 24.4. The zero-order chi connectivity index (χ0) is 12.2. The Morgan fingerprint density at radius 3 is 2.81 bits per heavy atom. The molecule has 5 heteroatoms. The van der Waals surface area contributed by atoms with Crippen LogP contribution in [-0.2, 0) is 4.74 Å². The molecule has 0 spiro atoms. The van der Waals surface area contributed by atoms with Crippen LogP contribution in [0.3, 0.4) is 0 Å². The number of nitrogens with two attached hydrogens (primary N) is 1. The Bertz CT molecular complexity index is 287. The van der Waals surface area contributed by atoms with E-state index in [4.69, 9.17) is 10.5 Å². The predicted octanol–water partition coefficient (Wildman–Crippen LogP) is 1.63. The number of carbonyl (C=O) groups is 1. The molecule has 0 radical (unpaired) electrons. The number of hydrogen-bond donors (Lipinski definition) is 2. The minimum Gasteiger partial charge on any atom is -0.375 e. The Kier molecular flexibility index (Phi) is 4.29. The summed E-state index contributed by atoms with van der Waals surface area (Å²) < 4.78 is 5.65. The van der Waals surface area contributed by atoms with E-state index >= 15 is 0 Å². The Morgan fingerprint density at radius 2 is 2.31 bits per heavy atom. The molecule has 1 unspecified atom stereocenters. The fourth-order valence-electron chi connectivity index (χ4n) is 2.01. The number of urea groups is 1. The first-order chi connectivity index (χ1) is 7.42. The zero-order valence-corrected chi connectivity index (χ0v) is 10.2. The fraction of sp³-hybridized carbons (Fsp3) is 0.818. The Hall–Kier alpha value is -1.10. The Morgan fingerprint density at radius 1 is 1.62 bits per heavy atom. The van der Waals surface area contributed by atoms with Gasteiger partial charge in [-0.3, -0.25) is 0 Å². The van der Waals surface area contributed by atoms with Crippen LogP contribution in [0.2, 0.25) is 0 Å². The largest absolute Gasteiger partial charge is 0.375 e. The van der Waals surface area contributed by atoms with Crippen LogP contribution >= 0.6 is 0 Å². The molecular formula is C11H21N3O2. The quantitative estimate of drug-likeness (QED) is 0.565. The van der Waals surface area contributed by atoms with Crippen LogP contribution < -0.4 is 11.2 Å². The molecule has 92 valence electrons. The van der Waals surface area contributed by atoms with Gasteiger partial charge in [-0.05, 0) is 46.0 Å². The summed E-state index contributed by atoms with van der Waals surface area (Å²) in [6, 6.07) is -0.621. The van der Waals surface area contributed by atoms with Crippen molar-refractivity contribution in [3.8, 4) is 0 Å². The molecule has 0 aromatic heterocycles. The first-order valence-electron chi connectivity index (χ1n) is 5.64. The molecule has 1 aliphatic rings. The summed E-state index contributed by atoms with van der Waals surface area (Å²) in [6.07, 6.45) is 2.99. The van der Waals surface area contributed by atoms with Crippen LogP contribution in [0.4, 0.5) is 4.79 Å². The molecule has 16 heavy (non-hydrogen) atoms. The third-order valence-corrected chi connectivity index (χ3v) is 3.14. The molecule has 1 fully saturated rings. The number of primary amides is 1. The highest BCUT2D eigenvalue weighted by atomic mass is 16.5. The number of nitrogens with zero attached hydrogens (tertiary/aromatic N) is 1. The summed E-state index contributed by atoms with van der Waals surface area (Å²) in [4.78, 5) is 10.5. The number of carbonyl (C=O) groups excluding carboxylic acids is 1. The van der Waals surface area contributed by atoms with Gasteiger partial charge in [0.15, 0.2) is 0 Å². The lowest BCUT2D eigenvalue weighted by molar-refractivity contribution is 0.00972. The minimum atomic E-state index is -0.621. The lowest BCUT2D eigenvalue weighted by Crippen LogP contribution is -2.28. The maximum atomic E-state index is 10.5. The van der Waals surface area contributed by atoms with Crippen molar-refractivity contribution in [3.05, 3.63) is 0 Å². The Balaban J connectivity index is 2.34. The molecule has 1 atom stereocenters. The third kappa shape index (κ3) is 3.81. The highest BCUT2D eigenvalue weighted by molar-refractivity contribution is 5.83.